The molecule has 0 saturated carbocycles. The van der Waals surface area contributed by atoms with E-state index in [9.17, 15) is 18.0 Å². The molecule has 3 aromatic carbocycles. The normalized spacial score (nSPS) is 20.5. The molecule has 2 amide bonds. The number of amides is 2. The number of hydrogen-bond acceptors (Lipinski definition) is 5. The quantitative estimate of drug-likeness (QED) is 0.542. The number of fused-ring (bicyclic) bond motifs is 2. The molecular weight excluding hydrogens is 464 g/mol. The molecule has 1 spiro atoms. The van der Waals surface area contributed by atoms with Gasteiger partial charge in [0, 0.05) is 11.3 Å². The number of anilines is 2. The van der Waals surface area contributed by atoms with Crippen LogP contribution in [0.1, 0.15) is 29.2 Å². The number of carbonyl (C=O) groups is 2. The average molecular weight is 491 g/mol. The molecule has 0 bridgehead atoms. The number of para-hydroxylation sites is 1. The van der Waals surface area contributed by atoms with Gasteiger partial charge in [-0.05, 0) is 62.2 Å². The number of hydrogen-bond donors (Lipinski definition) is 0. The van der Waals surface area contributed by atoms with E-state index in [4.69, 9.17) is 4.74 Å². The Bertz CT molecular complexity index is 1450. The number of nitrogens with zero attached hydrogens (tertiary/aromatic N) is 2. The van der Waals surface area contributed by atoms with Gasteiger partial charge in [-0.1, -0.05) is 42.0 Å². The predicted octanol–water partition coefficient (Wildman–Crippen LogP) is 3.86. The summed E-state index contributed by atoms with van der Waals surface area (Å²) in [4.78, 5) is 28.0. The zero-order valence-electron chi connectivity index (χ0n) is 19.8. The first-order chi connectivity index (χ1) is 16.7. The van der Waals surface area contributed by atoms with Crippen molar-refractivity contribution in [1.82, 2.24) is 0 Å². The van der Waals surface area contributed by atoms with Gasteiger partial charge in [0.25, 0.3) is 10.8 Å². The van der Waals surface area contributed by atoms with E-state index in [1.165, 1.54) is 4.90 Å². The van der Waals surface area contributed by atoms with Gasteiger partial charge >= 0.3 is 0 Å². The highest BCUT2D eigenvalue weighted by molar-refractivity contribution is 7.94. The number of benzene rings is 3. The molecule has 0 aromatic heterocycles. The van der Waals surface area contributed by atoms with Crippen LogP contribution in [-0.2, 0) is 30.8 Å². The highest BCUT2D eigenvalue weighted by Gasteiger charge is 2.69. The van der Waals surface area contributed by atoms with E-state index in [-0.39, 0.29) is 6.54 Å². The third kappa shape index (κ3) is 3.35. The van der Waals surface area contributed by atoms with Gasteiger partial charge in [-0.15, -0.1) is 0 Å². The van der Waals surface area contributed by atoms with Crippen molar-refractivity contribution >= 4 is 33.0 Å². The number of ether oxygens (including phenoxy) is 1. The summed E-state index contributed by atoms with van der Waals surface area (Å²) in [5.41, 5.74) is 4.08. The smallest absolute Gasteiger partial charge is 0.274 e. The Kier molecular flexibility index (Phi) is 5.44. The summed E-state index contributed by atoms with van der Waals surface area (Å²) < 4.78 is 32.9. The molecule has 0 aliphatic carbocycles. The molecule has 1 unspecified atom stereocenters. The molecule has 0 radical (unpaired) electrons. The van der Waals surface area contributed by atoms with Crippen LogP contribution in [0, 0.1) is 13.8 Å². The van der Waals surface area contributed by atoms with Crippen LogP contribution in [0.3, 0.4) is 0 Å². The van der Waals surface area contributed by atoms with Crippen molar-refractivity contribution in [2.75, 3.05) is 22.2 Å². The first kappa shape index (κ1) is 23.1. The molecule has 2 heterocycles. The molecule has 35 heavy (non-hydrogen) atoms. The first-order valence-corrected chi connectivity index (χ1v) is 13.1. The van der Waals surface area contributed by atoms with Crippen LogP contribution in [0.2, 0.25) is 0 Å². The molecule has 7 nitrogen and oxygen atoms in total. The third-order valence-electron chi connectivity index (χ3n) is 6.66. The third-order valence-corrected chi connectivity index (χ3v) is 8.77. The van der Waals surface area contributed by atoms with Crippen molar-refractivity contribution in [3.63, 3.8) is 0 Å². The van der Waals surface area contributed by atoms with E-state index < -0.39 is 32.3 Å². The van der Waals surface area contributed by atoms with Crippen LogP contribution < -0.4 is 14.5 Å². The second kappa shape index (κ2) is 8.23. The highest BCUT2D eigenvalue weighted by Crippen LogP contribution is 2.53. The number of rotatable bonds is 5. The minimum Gasteiger partial charge on any atom is -0.494 e. The van der Waals surface area contributed by atoms with Crippen LogP contribution in [0.15, 0.2) is 66.7 Å². The lowest BCUT2D eigenvalue weighted by molar-refractivity contribution is -0.123. The molecule has 2 aliphatic rings. The average Bonchev–Trinajstić information content (AvgIpc) is 3.20. The molecular formula is C27H26N2O5S. The van der Waals surface area contributed by atoms with Gasteiger partial charge in [0.1, 0.15) is 11.5 Å². The van der Waals surface area contributed by atoms with Crippen molar-refractivity contribution in [2.45, 2.75) is 32.2 Å². The zero-order valence-corrected chi connectivity index (χ0v) is 20.6. The summed E-state index contributed by atoms with van der Waals surface area (Å²) in [5.74, 6) is -1.42. The van der Waals surface area contributed by atoms with Crippen molar-refractivity contribution in [1.29, 1.82) is 0 Å². The maximum Gasteiger partial charge on any atom is 0.274 e. The maximum absolute atomic E-state index is 14.2. The van der Waals surface area contributed by atoms with Crippen molar-refractivity contribution in [2.24, 2.45) is 0 Å². The van der Waals surface area contributed by atoms with Crippen LogP contribution in [0.5, 0.6) is 5.75 Å². The van der Waals surface area contributed by atoms with E-state index in [0.717, 1.165) is 21.6 Å². The highest BCUT2D eigenvalue weighted by atomic mass is 32.2. The Morgan fingerprint density at radius 1 is 0.971 bits per heavy atom. The Morgan fingerprint density at radius 2 is 1.69 bits per heavy atom. The van der Waals surface area contributed by atoms with Gasteiger partial charge in [-0.25, -0.2) is 8.42 Å². The molecule has 2 aliphatic heterocycles. The van der Waals surface area contributed by atoms with Gasteiger partial charge in [0.2, 0.25) is 5.91 Å². The van der Waals surface area contributed by atoms with Crippen LogP contribution in [-0.4, -0.2) is 32.6 Å². The lowest BCUT2D eigenvalue weighted by Gasteiger charge is -2.32. The predicted molar refractivity (Wildman–Crippen MR) is 134 cm³/mol. The topological polar surface area (TPSA) is 84.0 Å². The number of aryl methyl sites for hydroxylation is 2. The first-order valence-electron chi connectivity index (χ1n) is 11.5. The van der Waals surface area contributed by atoms with Gasteiger partial charge in [-0.3, -0.25) is 14.5 Å². The second-order valence-electron chi connectivity index (χ2n) is 8.90. The largest absolute Gasteiger partial charge is 0.494 e. The van der Waals surface area contributed by atoms with Gasteiger partial charge in [0.05, 0.1) is 18.8 Å². The summed E-state index contributed by atoms with van der Waals surface area (Å²) in [5, 5.41) is 0. The van der Waals surface area contributed by atoms with Crippen molar-refractivity contribution < 1.29 is 22.7 Å². The molecule has 1 atom stereocenters. The minimum atomic E-state index is -4.21. The molecule has 1 fully saturated rings. The summed E-state index contributed by atoms with van der Waals surface area (Å²) >= 11 is 0. The fraction of sp³-hybridized carbons (Fsp3) is 0.259. The molecule has 180 valence electrons. The number of carbonyl (C=O) groups excluding carboxylic acids is 2. The molecule has 1 saturated heterocycles. The van der Waals surface area contributed by atoms with E-state index in [1.807, 2.05) is 39.0 Å². The fourth-order valence-electron chi connectivity index (χ4n) is 5.05. The Hall–Kier alpha value is -3.65. The van der Waals surface area contributed by atoms with E-state index in [0.29, 0.717) is 29.3 Å². The van der Waals surface area contributed by atoms with E-state index >= 15 is 0 Å². The Morgan fingerprint density at radius 3 is 2.40 bits per heavy atom. The fourth-order valence-corrected chi connectivity index (χ4v) is 7.08. The summed E-state index contributed by atoms with van der Waals surface area (Å²) in [6, 6.07) is 19.4. The SMILES string of the molecule is CCOc1ccc(N2C(=O)CS(=O)(=O)C23C(=O)N(Cc2cc(C)ccc2C)c2ccccc23)cc1. The maximum atomic E-state index is 14.2. The standard InChI is InChI=1S/C27H26N2O5S/c1-4-34-22-13-11-21(12-14-22)29-25(30)17-35(32,33)27(29)23-7-5-6-8-24(23)28(26(27)31)16-20-15-18(2)9-10-19(20)3/h5-15H,4,16-17H2,1-3H3. The van der Waals surface area contributed by atoms with E-state index in [1.54, 1.807) is 48.5 Å². The number of sulfone groups is 1. The van der Waals surface area contributed by atoms with Crippen molar-refractivity contribution in [3.05, 3.63) is 89.0 Å². The van der Waals surface area contributed by atoms with Gasteiger partial charge in [-0.2, -0.15) is 0 Å². The second-order valence-corrected chi connectivity index (χ2v) is 11.0. The van der Waals surface area contributed by atoms with E-state index in [2.05, 4.69) is 0 Å². The zero-order chi connectivity index (χ0) is 25.0. The lowest BCUT2D eigenvalue weighted by Crippen LogP contribution is -2.54. The molecule has 5 rings (SSSR count). The Labute approximate surface area is 204 Å². The van der Waals surface area contributed by atoms with Gasteiger partial charge < -0.3 is 9.64 Å². The monoisotopic (exact) mass is 490 g/mol. The Balaban J connectivity index is 1.69. The van der Waals surface area contributed by atoms with Gasteiger partial charge in [0.15, 0.2) is 9.84 Å². The van der Waals surface area contributed by atoms with Crippen LogP contribution in [0.25, 0.3) is 0 Å². The van der Waals surface area contributed by atoms with Crippen LogP contribution >= 0.6 is 0 Å². The van der Waals surface area contributed by atoms with Crippen LogP contribution in [0.4, 0.5) is 11.4 Å². The lowest BCUT2D eigenvalue weighted by atomic mass is 10.0. The van der Waals surface area contributed by atoms with Crippen molar-refractivity contribution in [3.8, 4) is 5.75 Å². The summed E-state index contributed by atoms with van der Waals surface area (Å²) in [7, 11) is -4.21. The molecule has 3 aromatic rings. The molecule has 8 heteroatoms. The summed E-state index contributed by atoms with van der Waals surface area (Å²) in [6.45, 7) is 6.46. The minimum absolute atomic E-state index is 0.200. The molecule has 0 N–H and O–H groups in total. The summed E-state index contributed by atoms with van der Waals surface area (Å²) in [6.07, 6.45) is 0.